The van der Waals surface area contributed by atoms with Crippen molar-refractivity contribution in [2.75, 3.05) is 0 Å². The molecule has 7 nitrogen and oxygen atoms in total. The van der Waals surface area contributed by atoms with E-state index in [0.29, 0.717) is 23.5 Å². The summed E-state index contributed by atoms with van der Waals surface area (Å²) in [7, 11) is 0. The molecule has 0 saturated heterocycles. The minimum absolute atomic E-state index is 0.0291. The molecule has 2 fully saturated rings. The molecule has 4 aliphatic carbocycles. The first-order valence-corrected chi connectivity index (χ1v) is 18.6. The lowest BCUT2D eigenvalue weighted by Crippen LogP contribution is -2.62. The number of nitrogens with two attached hydrogens (primary N) is 1. The number of allylic oxidation sites excluding steroid dienone is 3. The molecule has 0 radical (unpaired) electrons. The molecule has 2 aliphatic heterocycles. The average molecular weight is 679 g/mol. The number of rotatable bonds is 4. The first-order chi connectivity index (χ1) is 23.2. The number of Topliss-reactive ketones (excluding diaryl/α,β-unsaturated/α-hetero) is 1. The lowest BCUT2D eigenvalue weighted by molar-refractivity contribution is -0.144. The van der Waals surface area contributed by atoms with E-state index < -0.39 is 40.8 Å². The monoisotopic (exact) mass is 678 g/mol. The van der Waals surface area contributed by atoms with Crippen LogP contribution in [-0.2, 0) is 21.4 Å². The smallest absolute Gasteiger partial charge is 0.244 e. The number of benzene rings is 1. The van der Waals surface area contributed by atoms with Crippen LogP contribution >= 0.6 is 0 Å². The van der Waals surface area contributed by atoms with E-state index in [0.717, 1.165) is 58.9 Å². The van der Waals surface area contributed by atoms with E-state index in [4.69, 9.17) is 10.5 Å². The quantitative estimate of drug-likeness (QED) is 0.175. The second-order valence-corrected chi connectivity index (χ2v) is 18.4. The number of ether oxygens (including phenoxy) is 1. The van der Waals surface area contributed by atoms with Gasteiger partial charge >= 0.3 is 0 Å². The third-order valence-electron chi connectivity index (χ3n) is 14.8. The number of fused-ring (bicyclic) bond motifs is 11. The number of primary amides is 1. The summed E-state index contributed by atoms with van der Waals surface area (Å²) in [6.07, 6.45) is 11.1. The van der Waals surface area contributed by atoms with Gasteiger partial charge in [0.25, 0.3) is 0 Å². The number of carbonyl (C=O) groups excluding carboxylic acids is 2. The number of carbonyl (C=O) groups is 2. The molecule has 0 spiro atoms. The summed E-state index contributed by atoms with van der Waals surface area (Å²) >= 11 is 0. The van der Waals surface area contributed by atoms with Crippen LogP contribution in [0.5, 0.6) is 0 Å². The standard InChI is InChI=1S/C43H54N2O5/c1-21(2)33-36(48)31-30-24(27-20-39(4,5)50-40(6,7)32(27)35(30)47)19-25-26-18-23-13-14-28-41(8,16-11-12-22(3)38(44)49)29(46)15-17-42(28,9)43(23,10)37(26)45(33)34(25)31/h11-12,16,19-20,23,28-29,32-33,35,46-47H,1,13-15,17-18H2,2-10H3,(H2,44,49)/b16-11+,22-12+/t23?,28-,29-,32?,33-,35+,41-,42-,43+/m0/s1. The molecule has 6 aliphatic rings. The molecule has 3 heterocycles. The molecule has 1 aromatic carbocycles. The summed E-state index contributed by atoms with van der Waals surface area (Å²) in [5, 5.41) is 25.0. The lowest BCUT2D eigenvalue weighted by Gasteiger charge is -2.64. The van der Waals surface area contributed by atoms with Gasteiger partial charge in [0.1, 0.15) is 6.04 Å². The molecule has 0 bridgehead atoms. The fraction of sp³-hybridized carbons (Fsp3) is 0.581. The van der Waals surface area contributed by atoms with Crippen LogP contribution in [0, 0.1) is 28.6 Å². The van der Waals surface area contributed by atoms with Crippen LogP contribution in [0.3, 0.4) is 0 Å². The minimum atomic E-state index is -0.854. The summed E-state index contributed by atoms with van der Waals surface area (Å²) in [6.45, 7) is 23.4. The summed E-state index contributed by atoms with van der Waals surface area (Å²) in [5.41, 5.74) is 11.7. The van der Waals surface area contributed by atoms with Crippen molar-refractivity contribution >= 4 is 28.2 Å². The summed E-state index contributed by atoms with van der Waals surface area (Å²) in [4.78, 5) is 26.6. The first-order valence-electron chi connectivity index (χ1n) is 18.6. The molecule has 7 heteroatoms. The fourth-order valence-corrected chi connectivity index (χ4v) is 12.6. The fourth-order valence-electron chi connectivity index (χ4n) is 12.6. The largest absolute Gasteiger partial charge is 0.392 e. The van der Waals surface area contributed by atoms with Crippen molar-refractivity contribution in [2.24, 2.45) is 34.3 Å². The lowest BCUT2D eigenvalue weighted by atomic mass is 9.40. The van der Waals surface area contributed by atoms with Crippen molar-refractivity contribution in [3.8, 4) is 0 Å². The van der Waals surface area contributed by atoms with Crippen LogP contribution in [0.25, 0.3) is 16.5 Å². The maximum absolute atomic E-state index is 14.8. The Labute approximate surface area is 296 Å². The first kappa shape index (κ1) is 33.9. The second-order valence-electron chi connectivity index (χ2n) is 18.4. The van der Waals surface area contributed by atoms with Gasteiger partial charge in [-0.2, -0.15) is 0 Å². The maximum atomic E-state index is 14.8. The van der Waals surface area contributed by atoms with Gasteiger partial charge in [0.05, 0.1) is 34.5 Å². The number of hydrogen-bond donors (Lipinski definition) is 3. The number of ketones is 1. The van der Waals surface area contributed by atoms with Crippen LogP contribution in [0.15, 0.2) is 48.1 Å². The predicted octanol–water partition coefficient (Wildman–Crippen LogP) is 7.58. The highest BCUT2D eigenvalue weighted by molar-refractivity contribution is 6.18. The van der Waals surface area contributed by atoms with Gasteiger partial charge in [-0.1, -0.05) is 51.2 Å². The highest BCUT2D eigenvalue weighted by Crippen LogP contribution is 2.71. The molecular weight excluding hydrogens is 624 g/mol. The Morgan fingerprint density at radius 3 is 2.44 bits per heavy atom. The molecule has 2 unspecified atom stereocenters. The van der Waals surface area contributed by atoms with E-state index in [-0.39, 0.29) is 28.4 Å². The minimum Gasteiger partial charge on any atom is -0.392 e. The summed E-state index contributed by atoms with van der Waals surface area (Å²) in [5.74, 6) is -0.137. The number of aromatic nitrogens is 1. The topological polar surface area (TPSA) is 115 Å². The second kappa shape index (κ2) is 10.2. The van der Waals surface area contributed by atoms with E-state index >= 15 is 0 Å². The van der Waals surface area contributed by atoms with Gasteiger partial charge in [0.15, 0.2) is 5.78 Å². The Balaban J connectivity index is 1.36. The molecule has 4 N–H and O–H groups in total. The van der Waals surface area contributed by atoms with E-state index in [1.54, 1.807) is 13.0 Å². The molecular formula is C43H54N2O5. The van der Waals surface area contributed by atoms with Crippen LogP contribution in [0.1, 0.15) is 133 Å². The van der Waals surface area contributed by atoms with Crippen molar-refractivity contribution in [2.45, 2.75) is 129 Å². The van der Waals surface area contributed by atoms with Crippen molar-refractivity contribution in [3.05, 3.63) is 76.0 Å². The third kappa shape index (κ3) is 3.98. The predicted molar refractivity (Wildman–Crippen MR) is 197 cm³/mol. The average Bonchev–Trinajstić information content (AvgIpc) is 3.67. The molecule has 8 rings (SSSR count). The van der Waals surface area contributed by atoms with Crippen LogP contribution in [-0.4, -0.2) is 43.8 Å². The van der Waals surface area contributed by atoms with Crippen LogP contribution in [0.4, 0.5) is 0 Å². The Kier molecular flexibility index (Phi) is 6.91. The SMILES string of the molecule is C=C(C)[C@H]1C(=O)c2c3c(cc4c5c(n1c24)[C@@]1(C)C(CC[C@H]2[C@](C)(/C=C/C=C(\C)C(N)=O)[C@@H](O)CC[C@@]21C)C5)C1=CC(C)(C)OC(C)(C)C1[C@@H]3O. The van der Waals surface area contributed by atoms with Gasteiger partial charge in [0.2, 0.25) is 5.91 Å². The van der Waals surface area contributed by atoms with Gasteiger partial charge in [-0.15, -0.1) is 0 Å². The molecule has 1 aromatic heterocycles. The van der Waals surface area contributed by atoms with E-state index in [9.17, 15) is 19.8 Å². The number of amides is 1. The van der Waals surface area contributed by atoms with Gasteiger partial charge < -0.3 is 25.3 Å². The number of aliphatic hydroxyl groups is 2. The van der Waals surface area contributed by atoms with Crippen LogP contribution in [0.2, 0.25) is 0 Å². The zero-order chi connectivity index (χ0) is 36.2. The Morgan fingerprint density at radius 2 is 1.78 bits per heavy atom. The Bertz CT molecular complexity index is 2020. The zero-order valence-corrected chi connectivity index (χ0v) is 31.2. The van der Waals surface area contributed by atoms with Gasteiger partial charge in [-0.3, -0.25) is 9.59 Å². The normalized spacial score (nSPS) is 39.2. The molecule has 1 amide bonds. The number of nitrogens with zero attached hydrogens (tertiary/aromatic N) is 1. The maximum Gasteiger partial charge on any atom is 0.244 e. The van der Waals surface area contributed by atoms with E-state index in [2.05, 4.69) is 77.8 Å². The highest BCUT2D eigenvalue weighted by Gasteiger charge is 2.67. The molecule has 266 valence electrons. The van der Waals surface area contributed by atoms with E-state index in [1.807, 2.05) is 13.0 Å². The van der Waals surface area contributed by atoms with Gasteiger partial charge in [0, 0.05) is 39.0 Å². The summed E-state index contributed by atoms with van der Waals surface area (Å²) < 4.78 is 8.88. The van der Waals surface area contributed by atoms with Crippen molar-refractivity contribution < 1.29 is 24.5 Å². The molecule has 50 heavy (non-hydrogen) atoms. The van der Waals surface area contributed by atoms with Crippen LogP contribution < -0.4 is 5.73 Å². The third-order valence-corrected chi connectivity index (χ3v) is 14.8. The highest BCUT2D eigenvalue weighted by atomic mass is 16.5. The molecule has 9 atom stereocenters. The van der Waals surface area contributed by atoms with Gasteiger partial charge in [-0.05, 0) is 120 Å². The van der Waals surface area contributed by atoms with Crippen molar-refractivity contribution in [3.63, 3.8) is 0 Å². The van der Waals surface area contributed by atoms with E-state index in [1.165, 1.54) is 11.3 Å². The van der Waals surface area contributed by atoms with Crippen molar-refractivity contribution in [1.82, 2.24) is 4.57 Å². The number of hydrogen-bond acceptors (Lipinski definition) is 5. The summed E-state index contributed by atoms with van der Waals surface area (Å²) in [6, 6.07) is 1.77. The zero-order valence-electron chi connectivity index (χ0n) is 31.2. The van der Waals surface area contributed by atoms with Gasteiger partial charge in [-0.25, -0.2) is 0 Å². The van der Waals surface area contributed by atoms with Crippen molar-refractivity contribution in [1.29, 1.82) is 0 Å². The Morgan fingerprint density at radius 1 is 1.08 bits per heavy atom. The molecule has 2 saturated carbocycles. The Hall–Kier alpha value is -3.26. The molecule has 2 aromatic rings. The number of aliphatic hydroxyl groups excluding tert-OH is 2.